The number of imidazole rings is 1. The van der Waals surface area contributed by atoms with Gasteiger partial charge < -0.3 is 16.0 Å². The van der Waals surface area contributed by atoms with Gasteiger partial charge in [-0.3, -0.25) is 9.20 Å². The minimum absolute atomic E-state index is 0.0575. The number of hydrogen-bond acceptors (Lipinski definition) is 5. The van der Waals surface area contributed by atoms with Crippen LogP contribution in [0.15, 0.2) is 42.7 Å². The molecule has 30 heavy (non-hydrogen) atoms. The Balaban J connectivity index is 1.37. The van der Waals surface area contributed by atoms with Crippen LogP contribution in [0.1, 0.15) is 36.0 Å². The third-order valence-corrected chi connectivity index (χ3v) is 5.96. The van der Waals surface area contributed by atoms with E-state index in [4.69, 9.17) is 0 Å². The predicted octanol–water partition coefficient (Wildman–Crippen LogP) is 2.79. The Morgan fingerprint density at radius 3 is 2.93 bits per heavy atom. The van der Waals surface area contributed by atoms with Crippen molar-refractivity contribution in [3.05, 3.63) is 48.3 Å². The molecule has 1 amide bonds. The number of carbonyl (C=O) groups excluding carboxylic acids is 1. The summed E-state index contributed by atoms with van der Waals surface area (Å²) in [5.41, 5.74) is 2.84. The Kier molecular flexibility index (Phi) is 5.08. The standard InChI is InChI=1S/C22H25FN6O/c23-16-7-9-24-12-18(16)28-20-6-2-5-17(27-20)19-13-25-21-11-14(8-10-29(19)21)22(30)26-15-3-1-4-15/h2,5-6,8,10-11,13,15-16,18,24H,1,3-4,7,9,12H2,(H,26,30)(H,27,28)/t16-,18-/m0/s1. The smallest absolute Gasteiger partial charge is 0.251 e. The highest BCUT2D eigenvalue weighted by molar-refractivity contribution is 5.95. The zero-order valence-corrected chi connectivity index (χ0v) is 16.6. The Morgan fingerprint density at radius 1 is 1.23 bits per heavy atom. The van der Waals surface area contributed by atoms with Crippen LogP contribution in [0.5, 0.6) is 0 Å². The fourth-order valence-electron chi connectivity index (χ4n) is 3.95. The average Bonchev–Trinajstić information content (AvgIpc) is 3.16. The maximum Gasteiger partial charge on any atom is 0.251 e. The first-order valence-electron chi connectivity index (χ1n) is 10.5. The number of hydrogen-bond donors (Lipinski definition) is 3. The van der Waals surface area contributed by atoms with Gasteiger partial charge in [0.05, 0.1) is 23.6 Å². The van der Waals surface area contributed by atoms with Crippen LogP contribution in [0, 0.1) is 0 Å². The lowest BCUT2D eigenvalue weighted by atomic mass is 9.93. The highest BCUT2D eigenvalue weighted by atomic mass is 19.1. The summed E-state index contributed by atoms with van der Waals surface area (Å²) in [4.78, 5) is 21.5. The molecule has 1 aliphatic carbocycles. The highest BCUT2D eigenvalue weighted by Gasteiger charge is 2.25. The van der Waals surface area contributed by atoms with E-state index in [9.17, 15) is 9.18 Å². The van der Waals surface area contributed by atoms with Crippen LogP contribution in [0.4, 0.5) is 10.2 Å². The van der Waals surface area contributed by atoms with Crippen molar-refractivity contribution in [3.63, 3.8) is 0 Å². The number of halogens is 1. The number of pyridine rings is 2. The molecule has 0 spiro atoms. The van der Waals surface area contributed by atoms with Gasteiger partial charge in [-0.2, -0.15) is 0 Å². The second-order valence-corrected chi connectivity index (χ2v) is 8.06. The molecular formula is C22H25FN6O. The van der Waals surface area contributed by atoms with Gasteiger partial charge in [-0.25, -0.2) is 14.4 Å². The van der Waals surface area contributed by atoms with E-state index < -0.39 is 6.17 Å². The van der Waals surface area contributed by atoms with Crippen LogP contribution in [0.25, 0.3) is 17.0 Å². The molecule has 0 radical (unpaired) electrons. The lowest BCUT2D eigenvalue weighted by molar-refractivity contribution is 0.0917. The third-order valence-electron chi connectivity index (χ3n) is 5.96. The summed E-state index contributed by atoms with van der Waals surface area (Å²) in [5.74, 6) is 0.577. The van der Waals surface area contributed by atoms with Crippen molar-refractivity contribution in [2.75, 3.05) is 18.4 Å². The summed E-state index contributed by atoms with van der Waals surface area (Å²) >= 11 is 0. The van der Waals surface area contributed by atoms with Crippen molar-refractivity contribution >= 4 is 17.4 Å². The van der Waals surface area contributed by atoms with Crippen molar-refractivity contribution in [1.82, 2.24) is 25.0 Å². The van der Waals surface area contributed by atoms with Crippen LogP contribution in [-0.4, -0.2) is 51.6 Å². The predicted molar refractivity (Wildman–Crippen MR) is 113 cm³/mol. The molecule has 2 aliphatic rings. The number of fused-ring (bicyclic) bond motifs is 1. The molecule has 2 atom stereocenters. The monoisotopic (exact) mass is 408 g/mol. The maximum absolute atomic E-state index is 14.1. The largest absolute Gasteiger partial charge is 0.363 e. The van der Waals surface area contributed by atoms with E-state index in [1.807, 2.05) is 28.8 Å². The van der Waals surface area contributed by atoms with Gasteiger partial charge in [0.2, 0.25) is 0 Å². The Bertz CT molecular complexity index is 1060. The minimum atomic E-state index is -0.892. The molecule has 1 saturated carbocycles. The van der Waals surface area contributed by atoms with Crippen LogP contribution >= 0.6 is 0 Å². The van der Waals surface area contributed by atoms with E-state index in [0.29, 0.717) is 42.6 Å². The van der Waals surface area contributed by atoms with Crippen molar-refractivity contribution in [1.29, 1.82) is 0 Å². The fraction of sp³-hybridized carbons (Fsp3) is 0.409. The molecule has 8 heteroatoms. The minimum Gasteiger partial charge on any atom is -0.363 e. The first kappa shape index (κ1) is 19.0. The molecule has 5 rings (SSSR count). The number of aromatic nitrogens is 3. The molecule has 0 bridgehead atoms. The van der Waals surface area contributed by atoms with Gasteiger partial charge in [0.25, 0.3) is 5.91 Å². The number of nitrogens with zero attached hydrogens (tertiary/aromatic N) is 3. The SMILES string of the molecule is O=C(NC1CCC1)c1ccn2c(-c3cccc(N[C@H]4CNCC[C@@H]4F)n3)cnc2c1. The number of alkyl halides is 1. The quantitative estimate of drug-likeness (QED) is 0.605. The molecule has 4 heterocycles. The first-order chi connectivity index (χ1) is 14.7. The molecule has 1 saturated heterocycles. The van der Waals surface area contributed by atoms with Crippen LogP contribution in [0.2, 0.25) is 0 Å². The van der Waals surface area contributed by atoms with E-state index >= 15 is 0 Å². The summed E-state index contributed by atoms with van der Waals surface area (Å²) < 4.78 is 16.1. The maximum atomic E-state index is 14.1. The molecule has 156 valence electrons. The molecule has 3 aromatic heterocycles. The van der Waals surface area contributed by atoms with E-state index in [0.717, 1.165) is 24.2 Å². The average molecular weight is 408 g/mol. The molecule has 7 nitrogen and oxygen atoms in total. The van der Waals surface area contributed by atoms with Crippen molar-refractivity contribution < 1.29 is 9.18 Å². The van der Waals surface area contributed by atoms with E-state index in [1.165, 1.54) is 6.42 Å². The molecule has 2 fully saturated rings. The first-order valence-corrected chi connectivity index (χ1v) is 10.5. The molecule has 3 N–H and O–H groups in total. The second-order valence-electron chi connectivity index (χ2n) is 8.06. The van der Waals surface area contributed by atoms with Gasteiger partial charge in [-0.15, -0.1) is 0 Å². The Hall–Kier alpha value is -3.00. The molecule has 0 unspecified atom stereocenters. The number of amides is 1. The summed E-state index contributed by atoms with van der Waals surface area (Å²) in [6.07, 6.45) is 6.48. The molecule has 1 aliphatic heterocycles. The van der Waals surface area contributed by atoms with Crippen molar-refractivity contribution in [2.24, 2.45) is 0 Å². The van der Waals surface area contributed by atoms with Crippen molar-refractivity contribution in [2.45, 2.75) is 43.9 Å². The number of piperidine rings is 1. The van der Waals surface area contributed by atoms with Crippen molar-refractivity contribution in [3.8, 4) is 11.4 Å². The number of carbonyl (C=O) groups is 1. The van der Waals surface area contributed by atoms with Gasteiger partial charge in [0.15, 0.2) is 0 Å². The summed E-state index contributed by atoms with van der Waals surface area (Å²) in [5, 5.41) is 9.46. The van der Waals surface area contributed by atoms with Crippen LogP contribution in [0.3, 0.4) is 0 Å². The fourth-order valence-corrected chi connectivity index (χ4v) is 3.95. The van der Waals surface area contributed by atoms with Gasteiger partial charge in [-0.05, 0) is 56.5 Å². The zero-order chi connectivity index (χ0) is 20.5. The molecular weight excluding hydrogens is 383 g/mol. The molecule has 3 aromatic rings. The summed E-state index contributed by atoms with van der Waals surface area (Å²) in [6.45, 7) is 1.28. The lowest BCUT2D eigenvalue weighted by Crippen LogP contribution is -2.46. The van der Waals surface area contributed by atoms with E-state index in [-0.39, 0.29) is 11.9 Å². The normalized spacial score (nSPS) is 21.9. The third kappa shape index (κ3) is 3.75. The van der Waals surface area contributed by atoms with Gasteiger partial charge in [0, 0.05) is 24.3 Å². The highest BCUT2D eigenvalue weighted by Crippen LogP contribution is 2.23. The second kappa shape index (κ2) is 8.02. The summed E-state index contributed by atoms with van der Waals surface area (Å²) in [6, 6.07) is 9.24. The molecule has 0 aromatic carbocycles. The van der Waals surface area contributed by atoms with Crippen LogP contribution < -0.4 is 16.0 Å². The van der Waals surface area contributed by atoms with E-state index in [1.54, 1.807) is 18.3 Å². The topological polar surface area (TPSA) is 83.4 Å². The van der Waals surface area contributed by atoms with Gasteiger partial charge in [-0.1, -0.05) is 6.07 Å². The zero-order valence-electron chi connectivity index (χ0n) is 16.6. The van der Waals surface area contributed by atoms with Gasteiger partial charge in [0.1, 0.15) is 17.6 Å². The van der Waals surface area contributed by atoms with E-state index in [2.05, 4.69) is 25.9 Å². The van der Waals surface area contributed by atoms with Crippen LogP contribution in [-0.2, 0) is 0 Å². The number of anilines is 1. The lowest BCUT2D eigenvalue weighted by Gasteiger charge is -2.28. The number of rotatable bonds is 5. The number of nitrogens with one attached hydrogen (secondary N) is 3. The summed E-state index contributed by atoms with van der Waals surface area (Å²) in [7, 11) is 0. The van der Waals surface area contributed by atoms with Gasteiger partial charge >= 0.3 is 0 Å². The Morgan fingerprint density at radius 2 is 2.13 bits per heavy atom. The Labute approximate surface area is 174 Å².